The molecule has 0 amide bonds. The highest BCUT2D eigenvalue weighted by atomic mass is 32.2. The van der Waals surface area contributed by atoms with E-state index >= 15 is 0 Å². The topological polar surface area (TPSA) is 186 Å². The van der Waals surface area contributed by atoms with Gasteiger partial charge in [-0.1, -0.05) is 160 Å². The molecule has 1 saturated heterocycles. The third kappa shape index (κ3) is 33.1. The maximum atomic E-state index is 12.8. The van der Waals surface area contributed by atoms with Gasteiger partial charge in [-0.25, -0.2) is 0 Å². The quantitative estimate of drug-likeness (QED) is 0.0158. The van der Waals surface area contributed by atoms with Gasteiger partial charge in [0.05, 0.1) is 6.61 Å². The fourth-order valence-electron chi connectivity index (χ4n) is 5.63. The van der Waals surface area contributed by atoms with Gasteiger partial charge in [0.1, 0.15) is 36.8 Å². The second kappa shape index (κ2) is 38.9. The largest absolute Gasteiger partial charge is 0.462 e. The number of ether oxygens (including phenoxy) is 4. The van der Waals surface area contributed by atoms with Crippen molar-refractivity contribution >= 4 is 22.1 Å². The number of esters is 2. The van der Waals surface area contributed by atoms with E-state index in [0.717, 1.165) is 51.4 Å². The molecule has 3 unspecified atom stereocenters. The molecule has 356 valence electrons. The van der Waals surface area contributed by atoms with Crippen LogP contribution in [-0.2, 0) is 38.7 Å². The lowest BCUT2D eigenvalue weighted by Crippen LogP contribution is -2.60. The van der Waals surface area contributed by atoms with Crippen LogP contribution in [0.25, 0.3) is 0 Å². The molecule has 12 nitrogen and oxygen atoms in total. The number of carbonyl (C=O) groups is 2. The van der Waals surface area contributed by atoms with Gasteiger partial charge in [0, 0.05) is 12.8 Å². The molecule has 0 aliphatic carbocycles. The highest BCUT2D eigenvalue weighted by Gasteiger charge is 2.46. The van der Waals surface area contributed by atoms with Crippen molar-refractivity contribution in [2.24, 2.45) is 0 Å². The zero-order chi connectivity index (χ0) is 46.9. The van der Waals surface area contributed by atoms with Crippen LogP contribution in [-0.4, -0.2) is 96.0 Å². The van der Waals surface area contributed by atoms with Crippen molar-refractivity contribution in [2.45, 2.75) is 141 Å². The van der Waals surface area contributed by atoms with E-state index in [1.54, 1.807) is 0 Å². The van der Waals surface area contributed by atoms with E-state index in [2.05, 4.69) is 92.8 Å². The Morgan fingerprint density at radius 2 is 0.984 bits per heavy atom. The Kier molecular flexibility index (Phi) is 35.0. The molecule has 64 heavy (non-hydrogen) atoms. The van der Waals surface area contributed by atoms with Gasteiger partial charge in [0.15, 0.2) is 12.4 Å². The van der Waals surface area contributed by atoms with Crippen LogP contribution in [0, 0.1) is 0 Å². The fourth-order valence-corrected chi connectivity index (χ4v) is 6.33. The Balaban J connectivity index is 2.52. The number of allylic oxidation sites excluding steroid dienone is 24. The van der Waals surface area contributed by atoms with Crippen molar-refractivity contribution in [3.05, 3.63) is 146 Å². The van der Waals surface area contributed by atoms with E-state index in [9.17, 15) is 37.9 Å². The summed E-state index contributed by atoms with van der Waals surface area (Å²) < 4.78 is 53.9. The van der Waals surface area contributed by atoms with Gasteiger partial charge in [-0.3, -0.25) is 14.1 Å². The summed E-state index contributed by atoms with van der Waals surface area (Å²) in [6, 6.07) is 0. The zero-order valence-corrected chi connectivity index (χ0v) is 38.6. The van der Waals surface area contributed by atoms with Crippen LogP contribution < -0.4 is 0 Å². The van der Waals surface area contributed by atoms with Crippen molar-refractivity contribution in [1.29, 1.82) is 0 Å². The Hall–Kier alpha value is -4.47. The predicted octanol–water partition coefficient (Wildman–Crippen LogP) is 9.33. The van der Waals surface area contributed by atoms with Gasteiger partial charge in [-0.15, -0.1) is 0 Å². The van der Waals surface area contributed by atoms with E-state index in [4.69, 9.17) is 18.9 Å². The van der Waals surface area contributed by atoms with E-state index in [-0.39, 0.29) is 19.4 Å². The van der Waals surface area contributed by atoms with E-state index < -0.39 is 71.2 Å². The molecule has 0 aromatic carbocycles. The van der Waals surface area contributed by atoms with Gasteiger partial charge >= 0.3 is 11.9 Å². The number of hydrogen-bond donors (Lipinski definition) is 4. The summed E-state index contributed by atoms with van der Waals surface area (Å²) >= 11 is 0. The number of rotatable bonds is 34. The highest BCUT2D eigenvalue weighted by Crippen LogP contribution is 2.23. The number of aliphatic hydroxyl groups excluding tert-OH is 3. The van der Waals surface area contributed by atoms with Crippen molar-refractivity contribution < 1.29 is 56.8 Å². The van der Waals surface area contributed by atoms with Gasteiger partial charge < -0.3 is 34.3 Å². The van der Waals surface area contributed by atoms with Crippen LogP contribution in [0.1, 0.15) is 104 Å². The SMILES string of the molecule is CC/C=C/C=C/C=C/C=C/C=C/CCCC(=O)OC(COC(=O)CCC/C=C/C/C=C/C/C=C/C/C=C/C/C=C/C/C=C/C/C=C/CC)CO[C@H]1O[C@H](CS(=O)(=O)O)[C@@H](O)C(O)C1O. The first-order valence-corrected chi connectivity index (χ1v) is 24.1. The minimum atomic E-state index is -4.63. The Morgan fingerprint density at radius 3 is 1.48 bits per heavy atom. The third-order valence-corrected chi connectivity index (χ3v) is 9.79. The molecular formula is C51H74O12S. The zero-order valence-electron chi connectivity index (χ0n) is 37.8. The van der Waals surface area contributed by atoms with Crippen molar-refractivity contribution in [2.75, 3.05) is 19.0 Å². The molecule has 6 atom stereocenters. The molecule has 0 radical (unpaired) electrons. The second-order valence-electron chi connectivity index (χ2n) is 14.7. The lowest BCUT2D eigenvalue weighted by atomic mass is 10.00. The van der Waals surface area contributed by atoms with Gasteiger partial charge in [-0.05, 0) is 77.0 Å². The molecule has 0 spiro atoms. The summed E-state index contributed by atoms with van der Waals surface area (Å²) in [6.45, 7) is 3.35. The van der Waals surface area contributed by atoms with Crippen LogP contribution in [0.15, 0.2) is 146 Å². The van der Waals surface area contributed by atoms with E-state index in [1.165, 1.54) is 0 Å². The molecule has 0 bridgehead atoms. The molecule has 1 aliphatic heterocycles. The lowest BCUT2D eigenvalue weighted by Gasteiger charge is -2.40. The van der Waals surface area contributed by atoms with Crippen LogP contribution in [0.2, 0.25) is 0 Å². The standard InChI is InChI=1S/C51H74O12S/c1-3-5-7-9-11-13-15-17-18-19-20-21-22-23-24-25-26-28-29-31-33-35-37-39-46(52)60-41-44(42-61-51-50(56)49(55)48(54)45(63-51)43-64(57,58)59)62-47(53)40-38-36-34-32-30-27-16-14-12-10-8-6-4-2/h5-8,10-14,16-18,20-21,23-24,26-28,30-34,44-45,48-51,54-56H,3-4,9,15,19,22,25,29,35-43H2,1-2H3,(H,57,58,59)/b7-5+,8-6+,12-10+,13-11+,16-14+,18-17+,21-20+,24-23+,28-26+,30-27+,33-31+,34-32+/t44?,45-,48-,49?,50?,51+/m1/s1. The predicted molar refractivity (Wildman–Crippen MR) is 256 cm³/mol. The number of aliphatic hydroxyl groups is 3. The molecule has 1 fully saturated rings. The monoisotopic (exact) mass is 910 g/mol. The van der Waals surface area contributed by atoms with Gasteiger partial charge in [0.25, 0.3) is 10.1 Å². The molecule has 1 rings (SSSR count). The Morgan fingerprint density at radius 1 is 0.547 bits per heavy atom. The second-order valence-corrected chi connectivity index (χ2v) is 16.2. The number of hydrogen-bond acceptors (Lipinski definition) is 11. The average Bonchev–Trinajstić information content (AvgIpc) is 3.26. The molecule has 0 aromatic rings. The van der Waals surface area contributed by atoms with Crippen molar-refractivity contribution in [3.8, 4) is 0 Å². The Labute approximate surface area is 382 Å². The van der Waals surface area contributed by atoms with Crippen LogP contribution >= 0.6 is 0 Å². The maximum absolute atomic E-state index is 12.8. The van der Waals surface area contributed by atoms with Gasteiger partial charge in [-0.2, -0.15) is 8.42 Å². The highest BCUT2D eigenvalue weighted by molar-refractivity contribution is 7.85. The van der Waals surface area contributed by atoms with E-state index in [0.29, 0.717) is 25.7 Å². The summed E-state index contributed by atoms with van der Waals surface area (Å²) in [5.74, 6) is -2.19. The van der Waals surface area contributed by atoms with Crippen molar-refractivity contribution in [3.63, 3.8) is 0 Å². The average molecular weight is 911 g/mol. The van der Waals surface area contributed by atoms with Gasteiger partial charge in [0.2, 0.25) is 0 Å². The number of carbonyl (C=O) groups excluding carboxylic acids is 2. The fraction of sp³-hybridized carbons (Fsp3) is 0.490. The first kappa shape index (κ1) is 57.5. The summed E-state index contributed by atoms with van der Waals surface area (Å²) in [4.78, 5) is 25.3. The normalized spacial score (nSPS) is 21.0. The molecule has 0 aromatic heterocycles. The molecule has 1 heterocycles. The molecule has 4 N–H and O–H groups in total. The molecule has 1 aliphatic rings. The minimum absolute atomic E-state index is 0.0449. The Bertz CT molecular complexity index is 1730. The lowest BCUT2D eigenvalue weighted by molar-refractivity contribution is -0.297. The maximum Gasteiger partial charge on any atom is 0.306 e. The first-order chi connectivity index (χ1) is 31.0. The first-order valence-electron chi connectivity index (χ1n) is 22.5. The summed E-state index contributed by atoms with van der Waals surface area (Å²) in [5.41, 5.74) is 0. The van der Waals surface area contributed by atoms with Crippen LogP contribution in [0.4, 0.5) is 0 Å². The third-order valence-electron chi connectivity index (χ3n) is 9.04. The van der Waals surface area contributed by atoms with Crippen molar-refractivity contribution in [1.82, 2.24) is 0 Å². The summed E-state index contributed by atoms with van der Waals surface area (Å²) in [7, 11) is -4.63. The number of unbranched alkanes of at least 4 members (excludes halogenated alkanes) is 2. The molecule has 0 saturated carbocycles. The van der Waals surface area contributed by atoms with Crippen LogP contribution in [0.5, 0.6) is 0 Å². The van der Waals surface area contributed by atoms with E-state index in [1.807, 2.05) is 66.8 Å². The molecular weight excluding hydrogens is 837 g/mol. The summed E-state index contributed by atoms with van der Waals surface area (Å²) in [5, 5.41) is 30.9. The molecule has 13 heteroatoms. The smallest absolute Gasteiger partial charge is 0.306 e. The minimum Gasteiger partial charge on any atom is -0.462 e. The van der Waals surface area contributed by atoms with Crippen LogP contribution in [0.3, 0.4) is 0 Å². The summed E-state index contributed by atoms with van der Waals surface area (Å²) in [6.07, 6.45) is 49.1.